The van der Waals surface area contributed by atoms with Crippen LogP contribution < -0.4 is 10.6 Å². The number of halogens is 3. The highest BCUT2D eigenvalue weighted by molar-refractivity contribution is 5.45. The van der Waals surface area contributed by atoms with Gasteiger partial charge in [0.25, 0.3) is 0 Å². The van der Waals surface area contributed by atoms with E-state index in [4.69, 9.17) is 0 Å². The van der Waals surface area contributed by atoms with Crippen LogP contribution in [-0.2, 0) is 4.79 Å². The zero-order valence-electron chi connectivity index (χ0n) is 10.9. The lowest BCUT2D eigenvalue weighted by atomic mass is 9.76. The molecule has 1 amide bonds. The van der Waals surface area contributed by atoms with E-state index in [0.717, 1.165) is 31.9 Å². The summed E-state index contributed by atoms with van der Waals surface area (Å²) in [6.07, 6.45) is 4.92. The van der Waals surface area contributed by atoms with Gasteiger partial charge in [-0.3, -0.25) is 4.79 Å². The van der Waals surface area contributed by atoms with E-state index < -0.39 is 6.30 Å². The Bertz CT molecular complexity index is 292. The summed E-state index contributed by atoms with van der Waals surface area (Å²) < 4.78 is 35.7. The SMILES string of the molecule is O=CNCCC1CCCCC1C/C=C/NC(F)(F)F. The second-order valence-electron chi connectivity index (χ2n) is 4.95. The van der Waals surface area contributed by atoms with Gasteiger partial charge in [-0.25, -0.2) is 0 Å². The van der Waals surface area contributed by atoms with Gasteiger partial charge in [-0.2, -0.15) is 13.2 Å². The van der Waals surface area contributed by atoms with E-state index in [1.165, 1.54) is 11.7 Å². The van der Waals surface area contributed by atoms with Crippen LogP contribution in [0.2, 0.25) is 0 Å². The molecule has 3 nitrogen and oxygen atoms in total. The monoisotopic (exact) mass is 278 g/mol. The fourth-order valence-electron chi connectivity index (χ4n) is 2.70. The number of nitrogens with one attached hydrogen (secondary N) is 2. The maximum Gasteiger partial charge on any atom is 0.481 e. The summed E-state index contributed by atoms with van der Waals surface area (Å²) >= 11 is 0. The van der Waals surface area contributed by atoms with Crippen LogP contribution in [0.15, 0.2) is 12.3 Å². The van der Waals surface area contributed by atoms with Gasteiger partial charge in [0.15, 0.2) is 0 Å². The van der Waals surface area contributed by atoms with Gasteiger partial charge in [0, 0.05) is 12.7 Å². The molecule has 1 fully saturated rings. The minimum absolute atomic E-state index is 0.425. The first-order chi connectivity index (χ1) is 9.03. The van der Waals surface area contributed by atoms with Crippen molar-refractivity contribution >= 4 is 6.41 Å². The second kappa shape index (κ2) is 8.07. The average molecular weight is 278 g/mol. The Morgan fingerprint density at radius 2 is 1.84 bits per heavy atom. The minimum atomic E-state index is -4.35. The van der Waals surface area contributed by atoms with Gasteiger partial charge in [0.1, 0.15) is 0 Å². The van der Waals surface area contributed by atoms with Gasteiger partial charge >= 0.3 is 6.30 Å². The van der Waals surface area contributed by atoms with Gasteiger partial charge < -0.3 is 10.6 Å². The summed E-state index contributed by atoms with van der Waals surface area (Å²) in [5.41, 5.74) is 0. The number of carbonyl (C=O) groups excluding carboxylic acids is 1. The Hall–Kier alpha value is -1.20. The van der Waals surface area contributed by atoms with Crippen LogP contribution in [0.25, 0.3) is 0 Å². The van der Waals surface area contributed by atoms with Crippen LogP contribution in [0.5, 0.6) is 0 Å². The molecule has 1 aliphatic carbocycles. The van der Waals surface area contributed by atoms with Crippen molar-refractivity contribution in [2.45, 2.75) is 44.8 Å². The third kappa shape index (κ3) is 7.08. The lowest BCUT2D eigenvalue weighted by molar-refractivity contribution is -0.146. The van der Waals surface area contributed by atoms with Gasteiger partial charge in [-0.05, 0) is 31.1 Å². The standard InChI is InChI=1S/C13H21F3N2O/c14-13(15,16)18-8-3-6-11-4-1-2-5-12(11)7-9-17-10-19/h3,8,10-12,18H,1-2,4-7,9H2,(H,17,19)/b8-3+. The van der Waals surface area contributed by atoms with Crippen molar-refractivity contribution in [1.82, 2.24) is 10.6 Å². The van der Waals surface area contributed by atoms with E-state index in [0.29, 0.717) is 31.2 Å². The Balaban J connectivity index is 2.33. The van der Waals surface area contributed by atoms with E-state index in [2.05, 4.69) is 5.32 Å². The molecule has 1 rings (SSSR count). The van der Waals surface area contributed by atoms with Gasteiger partial charge in [0.2, 0.25) is 6.41 Å². The Morgan fingerprint density at radius 3 is 2.47 bits per heavy atom. The van der Waals surface area contributed by atoms with E-state index in [1.54, 1.807) is 6.08 Å². The molecule has 0 aromatic heterocycles. The molecule has 0 spiro atoms. The molecule has 2 N–H and O–H groups in total. The molecule has 19 heavy (non-hydrogen) atoms. The largest absolute Gasteiger partial charge is 0.481 e. The maximum absolute atomic E-state index is 11.9. The molecule has 0 aromatic rings. The summed E-state index contributed by atoms with van der Waals surface area (Å²) in [6.45, 7) is 0.648. The van der Waals surface area contributed by atoms with Crippen LogP contribution in [-0.4, -0.2) is 19.3 Å². The topological polar surface area (TPSA) is 41.1 Å². The molecule has 1 aliphatic rings. The molecule has 2 unspecified atom stereocenters. The lowest BCUT2D eigenvalue weighted by Crippen LogP contribution is -2.26. The van der Waals surface area contributed by atoms with Crippen LogP contribution in [0.3, 0.4) is 0 Å². The van der Waals surface area contributed by atoms with E-state index in [1.807, 2.05) is 0 Å². The highest BCUT2D eigenvalue weighted by atomic mass is 19.4. The van der Waals surface area contributed by atoms with Crippen molar-refractivity contribution < 1.29 is 18.0 Å². The molecule has 0 aliphatic heterocycles. The summed E-state index contributed by atoms with van der Waals surface area (Å²) in [6, 6.07) is 0. The zero-order chi connectivity index (χ0) is 14.1. The molecule has 2 atom stereocenters. The number of amides is 1. The van der Waals surface area contributed by atoms with Crippen molar-refractivity contribution in [3.05, 3.63) is 12.3 Å². The number of alkyl halides is 3. The normalized spacial score (nSPS) is 24.4. The Morgan fingerprint density at radius 1 is 1.16 bits per heavy atom. The second-order valence-corrected chi connectivity index (χ2v) is 4.95. The third-order valence-electron chi connectivity index (χ3n) is 3.61. The quantitative estimate of drug-likeness (QED) is 0.427. The van der Waals surface area contributed by atoms with Gasteiger partial charge in [0.05, 0.1) is 0 Å². The van der Waals surface area contributed by atoms with Crippen molar-refractivity contribution in [1.29, 1.82) is 0 Å². The van der Waals surface area contributed by atoms with E-state index >= 15 is 0 Å². The van der Waals surface area contributed by atoms with Crippen molar-refractivity contribution in [2.24, 2.45) is 11.8 Å². The van der Waals surface area contributed by atoms with Crippen LogP contribution in [0.4, 0.5) is 13.2 Å². The average Bonchev–Trinajstić information content (AvgIpc) is 2.35. The highest BCUT2D eigenvalue weighted by Gasteiger charge is 2.25. The Labute approximate surface area is 111 Å². The van der Waals surface area contributed by atoms with Gasteiger partial charge in [-0.15, -0.1) is 0 Å². The molecule has 1 saturated carbocycles. The highest BCUT2D eigenvalue weighted by Crippen LogP contribution is 2.34. The number of rotatable bonds is 7. The fourth-order valence-corrected chi connectivity index (χ4v) is 2.70. The number of hydrogen-bond acceptors (Lipinski definition) is 2. The lowest BCUT2D eigenvalue weighted by Gasteiger charge is -2.30. The maximum atomic E-state index is 11.9. The first-order valence-corrected chi connectivity index (χ1v) is 6.69. The summed E-state index contributed by atoms with van der Waals surface area (Å²) in [5.74, 6) is 0.922. The van der Waals surface area contributed by atoms with E-state index in [9.17, 15) is 18.0 Å². The molecular weight excluding hydrogens is 257 g/mol. The van der Waals surface area contributed by atoms with Crippen molar-refractivity contribution in [3.8, 4) is 0 Å². The third-order valence-corrected chi connectivity index (χ3v) is 3.61. The fraction of sp³-hybridized carbons (Fsp3) is 0.769. The summed E-state index contributed by atoms with van der Waals surface area (Å²) in [5, 5.41) is 4.03. The molecule has 0 aromatic carbocycles. The molecule has 0 heterocycles. The molecule has 110 valence electrons. The zero-order valence-corrected chi connectivity index (χ0v) is 10.9. The summed E-state index contributed by atoms with van der Waals surface area (Å²) in [4.78, 5) is 10.2. The molecule has 0 radical (unpaired) electrons. The number of carbonyl (C=O) groups is 1. The molecule has 6 heteroatoms. The number of hydrogen-bond donors (Lipinski definition) is 2. The molecule has 0 bridgehead atoms. The van der Waals surface area contributed by atoms with Gasteiger partial charge in [-0.1, -0.05) is 25.3 Å². The van der Waals surface area contributed by atoms with Crippen LogP contribution in [0, 0.1) is 11.8 Å². The first-order valence-electron chi connectivity index (χ1n) is 6.69. The van der Waals surface area contributed by atoms with Crippen LogP contribution in [0.1, 0.15) is 38.5 Å². The Kier molecular flexibility index (Phi) is 6.73. The summed E-state index contributed by atoms with van der Waals surface area (Å²) in [7, 11) is 0. The minimum Gasteiger partial charge on any atom is -0.359 e. The number of allylic oxidation sites excluding steroid dienone is 1. The molecule has 0 saturated heterocycles. The first kappa shape index (κ1) is 15.9. The predicted octanol–water partition coefficient (Wildman–Crippen LogP) is 2.94. The van der Waals surface area contributed by atoms with E-state index in [-0.39, 0.29) is 0 Å². The molecular formula is C13H21F3N2O. The van der Waals surface area contributed by atoms with Crippen LogP contribution >= 0.6 is 0 Å². The van der Waals surface area contributed by atoms with Crippen molar-refractivity contribution in [2.75, 3.05) is 6.54 Å². The smallest absolute Gasteiger partial charge is 0.359 e. The predicted molar refractivity (Wildman–Crippen MR) is 67.1 cm³/mol. The van der Waals surface area contributed by atoms with Crippen molar-refractivity contribution in [3.63, 3.8) is 0 Å².